The molecule has 0 spiro atoms. The molecule has 11 aromatic rings. The lowest BCUT2D eigenvalue weighted by atomic mass is 9.85. The molecule has 0 aliphatic rings. The topological polar surface area (TPSA) is 13.1 Å². The second-order valence-corrected chi connectivity index (χ2v) is 11.3. The highest BCUT2D eigenvalue weighted by molar-refractivity contribution is 6.24. The van der Waals surface area contributed by atoms with Crippen LogP contribution in [-0.4, -0.2) is 0 Å². The monoisotopic (exact) mass is 675 g/mol. The first-order valence-corrected chi connectivity index (χ1v) is 15.2. The molecule has 1 aromatic heterocycles. The number of benzene rings is 10. The third kappa shape index (κ3) is 4.22. The summed E-state index contributed by atoms with van der Waals surface area (Å²) in [7, 11) is 0. The molecule has 0 bridgehead atoms. The van der Waals surface area contributed by atoms with Crippen LogP contribution in [0.25, 0.3) is 109 Å². The highest BCUT2D eigenvalue weighted by Crippen LogP contribution is 2.46. The van der Waals surface area contributed by atoms with Crippen molar-refractivity contribution >= 4 is 75.8 Å². The summed E-state index contributed by atoms with van der Waals surface area (Å²) in [6.07, 6.45) is 0. The van der Waals surface area contributed by atoms with Crippen LogP contribution in [0.15, 0.2) is 186 Å². The molecule has 0 fully saturated rings. The van der Waals surface area contributed by atoms with E-state index >= 15 is 0 Å². The zero-order valence-electron chi connectivity index (χ0n) is 54.5. The van der Waals surface area contributed by atoms with E-state index in [1.54, 1.807) is 0 Å². The third-order valence-corrected chi connectivity index (χ3v) is 8.66. The van der Waals surface area contributed by atoms with Gasteiger partial charge in [-0.2, -0.15) is 0 Å². The van der Waals surface area contributed by atoms with Crippen LogP contribution in [-0.2, 0) is 0 Å². The van der Waals surface area contributed by atoms with Crippen molar-refractivity contribution in [2.45, 2.75) is 0 Å². The minimum absolute atomic E-state index is 0.364. The van der Waals surface area contributed by atoms with Gasteiger partial charge in [-0.1, -0.05) is 163 Å². The van der Waals surface area contributed by atoms with Crippen molar-refractivity contribution in [2.24, 2.45) is 0 Å². The minimum atomic E-state index is -1.09. The van der Waals surface area contributed by atoms with E-state index in [1.165, 1.54) is 0 Å². The molecule has 1 heterocycles. The van der Waals surface area contributed by atoms with Crippen LogP contribution in [0, 0.1) is 0 Å². The largest absolute Gasteiger partial charge is 0.456 e. The van der Waals surface area contributed by atoms with E-state index in [0.717, 1.165) is 6.07 Å². The molecule has 0 radical (unpaired) electrons. The van der Waals surface area contributed by atoms with Gasteiger partial charge in [-0.25, -0.2) is 0 Å². The summed E-state index contributed by atoms with van der Waals surface area (Å²) in [6.45, 7) is 0. The standard InChI is InChI=1S/C50H30O/c1-3-12-36-31(10-1)24-27-40-37(18-9-19-39(36)40)33-20-22-34(23-21-33)48-41-14-5-7-16-43(41)49(44-17-8-6-15-42(44)48)35-26-28-46-45(30-35)50-38-13-4-2-11-32(38)25-29-47(50)51-46/h1-30H/i1D,2D,3D,4D,5D,6D,7D,8D,9D,10D,11D,12D,13D,14D,15D,16D,17D,18D,19D,20D,21D,22D,23D,24D,25D,26D,28D,29D,30D. The van der Waals surface area contributed by atoms with Crippen LogP contribution in [0.3, 0.4) is 0 Å². The average molecular weight is 676 g/mol. The Balaban J connectivity index is 1.36. The fourth-order valence-electron chi connectivity index (χ4n) is 6.47. The number of rotatable bonds is 3. The molecule has 1 heteroatoms. The van der Waals surface area contributed by atoms with Crippen LogP contribution < -0.4 is 0 Å². The van der Waals surface area contributed by atoms with Gasteiger partial charge in [0.25, 0.3) is 0 Å². The zero-order chi connectivity index (χ0) is 58.7. The van der Waals surface area contributed by atoms with Crippen LogP contribution in [0.1, 0.15) is 39.8 Å². The van der Waals surface area contributed by atoms with Crippen molar-refractivity contribution < 1.29 is 44.2 Å². The summed E-state index contributed by atoms with van der Waals surface area (Å²) in [5, 5.41) is -6.41. The molecule has 236 valence electrons. The van der Waals surface area contributed by atoms with Gasteiger partial charge in [0.1, 0.15) is 11.2 Å². The van der Waals surface area contributed by atoms with Crippen molar-refractivity contribution in [2.75, 3.05) is 0 Å². The smallest absolute Gasteiger partial charge is 0.136 e. The molecule has 0 amide bonds. The van der Waals surface area contributed by atoms with Gasteiger partial charge in [-0.3, -0.25) is 0 Å². The summed E-state index contributed by atoms with van der Waals surface area (Å²) in [5.41, 5.74) is -5.66. The normalized spacial score (nSPS) is 19.9. The molecule has 0 atom stereocenters. The maximum Gasteiger partial charge on any atom is 0.136 e. The molecule has 11 rings (SSSR count). The van der Waals surface area contributed by atoms with E-state index in [2.05, 4.69) is 0 Å². The van der Waals surface area contributed by atoms with Gasteiger partial charge < -0.3 is 4.42 Å². The Hall–Kier alpha value is -6.70. The summed E-state index contributed by atoms with van der Waals surface area (Å²) in [6, 6.07) is -24.6. The molecule has 0 unspecified atom stereocenters. The molecule has 1 nitrogen and oxygen atoms in total. The van der Waals surface area contributed by atoms with E-state index in [9.17, 15) is 15.1 Å². The molecule has 51 heavy (non-hydrogen) atoms. The van der Waals surface area contributed by atoms with Crippen molar-refractivity contribution in [3.63, 3.8) is 0 Å². The number of furan rings is 1. The maximum atomic E-state index is 9.93. The predicted octanol–water partition coefficient (Wildman–Crippen LogP) is 14.4. The Morgan fingerprint density at radius 2 is 0.863 bits per heavy atom. The van der Waals surface area contributed by atoms with Crippen LogP contribution >= 0.6 is 0 Å². The van der Waals surface area contributed by atoms with Crippen molar-refractivity contribution in [3.8, 4) is 33.4 Å². The minimum Gasteiger partial charge on any atom is -0.456 e. The highest BCUT2D eigenvalue weighted by atomic mass is 16.3. The fraction of sp³-hybridized carbons (Fsp3) is 0. The Labute approximate surface area is 335 Å². The van der Waals surface area contributed by atoms with Gasteiger partial charge >= 0.3 is 0 Å². The van der Waals surface area contributed by atoms with E-state index < -0.39 is 274 Å². The van der Waals surface area contributed by atoms with Crippen molar-refractivity contribution in [1.29, 1.82) is 0 Å². The molecule has 0 N–H and O–H groups in total. The van der Waals surface area contributed by atoms with E-state index in [1.807, 2.05) is 0 Å². The molecular weight excluding hydrogens is 617 g/mol. The van der Waals surface area contributed by atoms with Crippen molar-refractivity contribution in [1.82, 2.24) is 0 Å². The van der Waals surface area contributed by atoms with Gasteiger partial charge in [0.2, 0.25) is 0 Å². The quantitative estimate of drug-likeness (QED) is 0.134. The zero-order valence-corrected chi connectivity index (χ0v) is 25.5. The second kappa shape index (κ2) is 10.9. The van der Waals surface area contributed by atoms with Gasteiger partial charge in [0.15, 0.2) is 0 Å². The van der Waals surface area contributed by atoms with Gasteiger partial charge in [0.05, 0.1) is 39.8 Å². The van der Waals surface area contributed by atoms with E-state index in [-0.39, 0.29) is 10.8 Å². The van der Waals surface area contributed by atoms with Crippen LogP contribution in [0.5, 0.6) is 0 Å². The lowest BCUT2D eigenvalue weighted by molar-refractivity contribution is 0.669. The second-order valence-electron chi connectivity index (χ2n) is 11.3. The van der Waals surface area contributed by atoms with Crippen LogP contribution in [0.4, 0.5) is 0 Å². The molecule has 0 saturated heterocycles. The predicted molar refractivity (Wildman–Crippen MR) is 218 cm³/mol. The third-order valence-electron chi connectivity index (χ3n) is 8.66. The van der Waals surface area contributed by atoms with E-state index in [0.29, 0.717) is 0 Å². The Morgan fingerprint density at radius 1 is 0.333 bits per heavy atom. The van der Waals surface area contributed by atoms with Crippen LogP contribution in [0.2, 0.25) is 0 Å². The Bertz CT molecular complexity index is 4760. The number of fused-ring (bicyclic) bond motifs is 10. The average Bonchev–Trinajstić information content (AvgIpc) is 3.63. The fourth-order valence-corrected chi connectivity index (χ4v) is 6.47. The molecular formula is C50H30O. The first-order chi connectivity index (χ1) is 37.4. The first-order valence-electron chi connectivity index (χ1n) is 29.7. The highest BCUT2D eigenvalue weighted by Gasteiger charge is 2.19. The lowest BCUT2D eigenvalue weighted by Crippen LogP contribution is -1.91. The molecule has 0 aliphatic heterocycles. The van der Waals surface area contributed by atoms with E-state index in [4.69, 9.17) is 29.1 Å². The van der Waals surface area contributed by atoms with Gasteiger partial charge in [-0.15, -0.1) is 0 Å². The summed E-state index contributed by atoms with van der Waals surface area (Å²) >= 11 is 0. The lowest BCUT2D eigenvalue weighted by Gasteiger charge is -2.18. The molecule has 0 saturated carbocycles. The molecule has 10 aromatic carbocycles. The summed E-state index contributed by atoms with van der Waals surface area (Å²) < 4.78 is 269. The Kier molecular flexibility index (Phi) is 2.56. The number of hydrogen-bond donors (Lipinski definition) is 0. The van der Waals surface area contributed by atoms with Gasteiger partial charge in [0, 0.05) is 10.8 Å². The summed E-state index contributed by atoms with van der Waals surface area (Å²) in [4.78, 5) is 0. The maximum absolute atomic E-state index is 9.93. The Morgan fingerprint density at radius 3 is 1.57 bits per heavy atom. The number of hydrogen-bond acceptors (Lipinski definition) is 1. The summed E-state index contributed by atoms with van der Waals surface area (Å²) in [5.74, 6) is 0. The van der Waals surface area contributed by atoms with Crippen molar-refractivity contribution in [3.05, 3.63) is 181 Å². The SMILES string of the molecule is [2H]c1c([2H])c(-c2c3c([2H])c([2H])c([2H])c([2H])c3c(-c3c([2H])c([2H])c4oc5c([2H])c([2H])c6c([2H])c([2H])c([2H])c([2H])c6c5c4c3[2H])c3c([2H])c([2H])c([2H])c([2H])c23)c([2H])c([2H])c1-c1c([2H])c([2H])c([2H])c2c1cc([2H])c1c([2H])c([2H])c([2H])c([2H])c12. The van der Waals surface area contributed by atoms with Gasteiger partial charge in [-0.05, 0) is 105 Å². The molecule has 0 aliphatic carbocycles. The first kappa shape index (κ1) is 12.0.